The molecule has 4 nitrogen and oxygen atoms in total. The maximum atomic E-state index is 12.6. The van der Waals surface area contributed by atoms with E-state index in [-0.39, 0.29) is 6.04 Å². The number of nitrogens with one attached hydrogen (secondary N) is 1. The molecule has 0 aromatic carbocycles. The second-order valence-electron chi connectivity index (χ2n) is 4.78. The number of aryl methyl sites for hydroxylation is 1. The minimum absolute atomic E-state index is 0.00498. The number of hydrogen-bond acceptors (Lipinski definition) is 5. The SMILES string of the molecule is CCNCc1sc(S(=O)(=O)N(C)C(C)CSC)cc1C. The Morgan fingerprint density at radius 3 is 2.70 bits per heavy atom. The molecule has 0 aliphatic rings. The van der Waals surface area contributed by atoms with Gasteiger partial charge in [-0.2, -0.15) is 16.1 Å². The minimum Gasteiger partial charge on any atom is -0.312 e. The Morgan fingerprint density at radius 1 is 1.50 bits per heavy atom. The van der Waals surface area contributed by atoms with Crippen molar-refractivity contribution >= 4 is 33.1 Å². The number of hydrogen-bond donors (Lipinski definition) is 1. The molecule has 1 aromatic rings. The molecule has 1 aromatic heterocycles. The molecule has 0 saturated carbocycles. The highest BCUT2D eigenvalue weighted by atomic mass is 32.2. The summed E-state index contributed by atoms with van der Waals surface area (Å²) in [5.41, 5.74) is 1.04. The van der Waals surface area contributed by atoms with E-state index < -0.39 is 10.0 Å². The van der Waals surface area contributed by atoms with Crippen molar-refractivity contribution in [3.63, 3.8) is 0 Å². The summed E-state index contributed by atoms with van der Waals surface area (Å²) in [6, 6.07) is 1.78. The molecule has 7 heteroatoms. The molecular formula is C13H24N2O2S3. The molecule has 0 bridgehead atoms. The monoisotopic (exact) mass is 336 g/mol. The highest BCUT2D eigenvalue weighted by molar-refractivity contribution is 7.98. The smallest absolute Gasteiger partial charge is 0.252 e. The van der Waals surface area contributed by atoms with Crippen molar-refractivity contribution in [1.29, 1.82) is 0 Å². The van der Waals surface area contributed by atoms with Gasteiger partial charge in [0.2, 0.25) is 0 Å². The van der Waals surface area contributed by atoms with E-state index in [2.05, 4.69) is 5.32 Å². The standard InChI is InChI=1S/C13H24N2O2S3/c1-6-14-8-12-10(2)7-13(19-12)20(16,17)15(4)11(3)9-18-5/h7,11,14H,6,8-9H2,1-5H3. The molecule has 20 heavy (non-hydrogen) atoms. The molecule has 0 amide bonds. The molecule has 0 radical (unpaired) electrons. The fourth-order valence-electron chi connectivity index (χ4n) is 1.75. The van der Waals surface area contributed by atoms with E-state index in [1.165, 1.54) is 15.6 Å². The maximum Gasteiger partial charge on any atom is 0.252 e. The van der Waals surface area contributed by atoms with Crippen LogP contribution in [0.1, 0.15) is 24.3 Å². The van der Waals surface area contributed by atoms with Crippen molar-refractivity contribution < 1.29 is 8.42 Å². The third kappa shape index (κ3) is 4.21. The molecular weight excluding hydrogens is 312 g/mol. The molecule has 1 unspecified atom stereocenters. The predicted molar refractivity (Wildman–Crippen MR) is 89.2 cm³/mol. The average molecular weight is 337 g/mol. The highest BCUT2D eigenvalue weighted by Gasteiger charge is 2.27. The average Bonchev–Trinajstić information content (AvgIpc) is 2.77. The number of nitrogens with zero attached hydrogens (tertiary/aromatic N) is 1. The van der Waals surface area contributed by atoms with Crippen LogP contribution in [0.2, 0.25) is 0 Å². The minimum atomic E-state index is -3.38. The van der Waals surface area contributed by atoms with Gasteiger partial charge >= 0.3 is 0 Å². The summed E-state index contributed by atoms with van der Waals surface area (Å²) in [7, 11) is -1.71. The van der Waals surface area contributed by atoms with Crippen LogP contribution in [0.5, 0.6) is 0 Å². The van der Waals surface area contributed by atoms with Gasteiger partial charge in [0.25, 0.3) is 10.0 Å². The third-order valence-corrected chi connectivity index (χ3v) is 7.67. The van der Waals surface area contributed by atoms with Crippen LogP contribution in [0.3, 0.4) is 0 Å². The van der Waals surface area contributed by atoms with Gasteiger partial charge in [0.05, 0.1) is 0 Å². The number of rotatable bonds is 8. The first-order valence-corrected chi connectivity index (χ1v) is 10.3. The quantitative estimate of drug-likeness (QED) is 0.792. The van der Waals surface area contributed by atoms with Crippen molar-refractivity contribution in [2.45, 2.75) is 37.6 Å². The normalized spacial score (nSPS) is 13.9. The summed E-state index contributed by atoms with van der Waals surface area (Å²) < 4.78 is 27.1. The van der Waals surface area contributed by atoms with E-state index >= 15 is 0 Å². The van der Waals surface area contributed by atoms with Crippen LogP contribution in [-0.4, -0.2) is 44.4 Å². The second-order valence-corrected chi connectivity index (χ2v) is 9.05. The first kappa shape index (κ1) is 18.0. The van der Waals surface area contributed by atoms with Gasteiger partial charge in [-0.1, -0.05) is 6.92 Å². The van der Waals surface area contributed by atoms with Gasteiger partial charge in [0.1, 0.15) is 4.21 Å². The Balaban J connectivity index is 2.98. The van der Waals surface area contributed by atoms with Crippen LogP contribution in [0, 0.1) is 6.92 Å². The van der Waals surface area contributed by atoms with Gasteiger partial charge in [-0.3, -0.25) is 0 Å². The van der Waals surface area contributed by atoms with E-state index in [0.717, 1.165) is 29.3 Å². The lowest BCUT2D eigenvalue weighted by Gasteiger charge is -2.22. The van der Waals surface area contributed by atoms with Crippen LogP contribution < -0.4 is 5.32 Å². The summed E-state index contributed by atoms with van der Waals surface area (Å²) in [6.07, 6.45) is 1.99. The number of sulfonamides is 1. The molecule has 0 saturated heterocycles. The molecule has 0 spiro atoms. The van der Waals surface area contributed by atoms with Crippen LogP contribution in [0.15, 0.2) is 10.3 Å². The topological polar surface area (TPSA) is 49.4 Å². The van der Waals surface area contributed by atoms with E-state index in [1.54, 1.807) is 24.9 Å². The van der Waals surface area contributed by atoms with Gasteiger partial charge in [0, 0.05) is 30.3 Å². The van der Waals surface area contributed by atoms with Gasteiger partial charge in [-0.25, -0.2) is 8.42 Å². The first-order chi connectivity index (χ1) is 9.34. The molecule has 1 N–H and O–H groups in total. The van der Waals surface area contributed by atoms with Gasteiger partial charge in [-0.05, 0) is 38.3 Å². The van der Waals surface area contributed by atoms with Gasteiger partial charge in [0.15, 0.2) is 0 Å². The van der Waals surface area contributed by atoms with Crippen molar-refractivity contribution in [2.24, 2.45) is 0 Å². The maximum absolute atomic E-state index is 12.6. The van der Waals surface area contributed by atoms with Crippen molar-refractivity contribution in [3.8, 4) is 0 Å². The van der Waals surface area contributed by atoms with E-state index in [4.69, 9.17) is 0 Å². The summed E-state index contributed by atoms with van der Waals surface area (Å²) >= 11 is 3.03. The Bertz CT molecular complexity index is 526. The zero-order valence-corrected chi connectivity index (χ0v) is 15.2. The molecule has 0 aliphatic heterocycles. The second kappa shape index (κ2) is 7.79. The van der Waals surface area contributed by atoms with Crippen molar-refractivity contribution in [3.05, 3.63) is 16.5 Å². The summed E-state index contributed by atoms with van der Waals surface area (Å²) in [4.78, 5) is 1.09. The van der Waals surface area contributed by atoms with Crippen LogP contribution >= 0.6 is 23.1 Å². The van der Waals surface area contributed by atoms with Gasteiger partial charge < -0.3 is 5.32 Å². The largest absolute Gasteiger partial charge is 0.312 e. The highest BCUT2D eigenvalue weighted by Crippen LogP contribution is 2.29. The third-order valence-electron chi connectivity index (χ3n) is 3.20. The summed E-state index contributed by atoms with van der Waals surface area (Å²) in [5, 5.41) is 3.24. The molecule has 0 aliphatic carbocycles. The summed E-state index contributed by atoms with van der Waals surface area (Å²) in [6.45, 7) is 7.55. The molecule has 1 heterocycles. The number of thioether (sulfide) groups is 1. The van der Waals surface area contributed by atoms with Crippen molar-refractivity contribution in [1.82, 2.24) is 9.62 Å². The number of thiophene rings is 1. The molecule has 116 valence electrons. The molecule has 1 rings (SSSR count). The zero-order chi connectivity index (χ0) is 15.3. The molecule has 0 fully saturated rings. The van der Waals surface area contributed by atoms with E-state index in [1.807, 2.05) is 27.0 Å². The van der Waals surface area contributed by atoms with E-state index in [0.29, 0.717) is 4.21 Å². The fourth-order valence-corrected chi connectivity index (χ4v) is 5.66. The van der Waals surface area contributed by atoms with E-state index in [9.17, 15) is 8.42 Å². The lowest BCUT2D eigenvalue weighted by Crippen LogP contribution is -2.36. The van der Waals surface area contributed by atoms with Crippen LogP contribution in [0.25, 0.3) is 0 Å². The summed E-state index contributed by atoms with van der Waals surface area (Å²) in [5.74, 6) is 0.796. The fraction of sp³-hybridized carbons (Fsp3) is 0.692. The zero-order valence-electron chi connectivity index (χ0n) is 12.8. The Labute approximate surface area is 131 Å². The Kier molecular flexibility index (Phi) is 7.00. The Morgan fingerprint density at radius 2 is 2.15 bits per heavy atom. The van der Waals surface area contributed by atoms with Crippen molar-refractivity contribution in [2.75, 3.05) is 25.6 Å². The van der Waals surface area contributed by atoms with Gasteiger partial charge in [-0.15, -0.1) is 11.3 Å². The lowest BCUT2D eigenvalue weighted by atomic mass is 10.3. The first-order valence-electron chi connectivity index (χ1n) is 6.61. The molecule has 1 atom stereocenters. The van der Waals surface area contributed by atoms with Crippen LogP contribution in [0.4, 0.5) is 0 Å². The predicted octanol–water partition coefficient (Wildman–Crippen LogP) is 2.54. The van der Waals surface area contributed by atoms with Crippen LogP contribution in [-0.2, 0) is 16.6 Å². The lowest BCUT2D eigenvalue weighted by molar-refractivity contribution is 0.416. The Hall–Kier alpha value is -0.0800.